The first kappa shape index (κ1) is 15.4. The molecule has 1 N–H and O–H groups in total. The van der Waals surface area contributed by atoms with E-state index < -0.39 is 34.3 Å². The molecule has 5 nitrogen and oxygen atoms in total. The Kier molecular flexibility index (Phi) is 4.51. The maximum Gasteiger partial charge on any atom is 0.237 e. The van der Waals surface area contributed by atoms with Crippen LogP contribution in [-0.2, 0) is 11.8 Å². The average Bonchev–Trinajstić information content (AvgIpc) is 2.85. The third-order valence-electron chi connectivity index (χ3n) is 2.61. The van der Waals surface area contributed by atoms with Crippen molar-refractivity contribution in [1.29, 1.82) is 0 Å². The van der Waals surface area contributed by atoms with Crippen LogP contribution in [0.15, 0.2) is 23.6 Å². The minimum atomic E-state index is -1.62. The standard InChI is InChI=1S/C12H11F3N4OS/c1-6(21-12-18-16-5-19(12)2)11(20)17-8-4-3-7(13)9(14)10(8)15/h3-6H,1-2H3,(H,17,20). The summed E-state index contributed by atoms with van der Waals surface area (Å²) in [7, 11) is 1.71. The Hall–Kier alpha value is -2.03. The van der Waals surface area contributed by atoms with Crippen LogP contribution in [-0.4, -0.2) is 25.9 Å². The van der Waals surface area contributed by atoms with Crippen molar-refractivity contribution >= 4 is 23.4 Å². The number of carbonyl (C=O) groups excluding carboxylic acids is 1. The van der Waals surface area contributed by atoms with E-state index in [1.807, 2.05) is 0 Å². The molecule has 112 valence electrons. The highest BCUT2D eigenvalue weighted by Gasteiger charge is 2.20. The van der Waals surface area contributed by atoms with Gasteiger partial charge in [0.1, 0.15) is 6.33 Å². The zero-order chi connectivity index (χ0) is 15.6. The van der Waals surface area contributed by atoms with Crippen LogP contribution in [0, 0.1) is 17.5 Å². The summed E-state index contributed by atoms with van der Waals surface area (Å²) in [4.78, 5) is 11.9. The minimum absolute atomic E-state index is 0.413. The van der Waals surface area contributed by atoms with Gasteiger partial charge >= 0.3 is 0 Å². The lowest BCUT2D eigenvalue weighted by Gasteiger charge is -2.12. The fourth-order valence-corrected chi connectivity index (χ4v) is 2.24. The van der Waals surface area contributed by atoms with Gasteiger partial charge < -0.3 is 9.88 Å². The molecular formula is C12H11F3N4OS. The van der Waals surface area contributed by atoms with Gasteiger partial charge in [0.25, 0.3) is 0 Å². The minimum Gasteiger partial charge on any atom is -0.323 e. The van der Waals surface area contributed by atoms with Crippen LogP contribution >= 0.6 is 11.8 Å². The number of thioether (sulfide) groups is 1. The molecule has 1 amide bonds. The molecule has 0 aliphatic rings. The molecule has 1 unspecified atom stereocenters. The second-order valence-electron chi connectivity index (χ2n) is 4.20. The van der Waals surface area contributed by atoms with Crippen LogP contribution in [0.25, 0.3) is 0 Å². The van der Waals surface area contributed by atoms with Crippen molar-refractivity contribution in [2.75, 3.05) is 5.32 Å². The van der Waals surface area contributed by atoms with Crippen LogP contribution < -0.4 is 5.32 Å². The molecule has 1 atom stereocenters. The van der Waals surface area contributed by atoms with Crippen molar-refractivity contribution in [2.45, 2.75) is 17.3 Å². The molecule has 0 saturated heterocycles. The zero-order valence-electron chi connectivity index (χ0n) is 11.1. The van der Waals surface area contributed by atoms with Gasteiger partial charge in [0.15, 0.2) is 22.6 Å². The predicted octanol–water partition coefficient (Wildman–Crippen LogP) is 2.35. The van der Waals surface area contributed by atoms with Crippen molar-refractivity contribution < 1.29 is 18.0 Å². The van der Waals surface area contributed by atoms with Gasteiger partial charge in [0, 0.05) is 7.05 Å². The monoisotopic (exact) mass is 316 g/mol. The van der Waals surface area contributed by atoms with E-state index in [9.17, 15) is 18.0 Å². The van der Waals surface area contributed by atoms with Gasteiger partial charge in [-0.3, -0.25) is 4.79 Å². The smallest absolute Gasteiger partial charge is 0.237 e. The van der Waals surface area contributed by atoms with Crippen LogP contribution in [0.2, 0.25) is 0 Å². The molecule has 0 saturated carbocycles. The van der Waals surface area contributed by atoms with Crippen molar-refractivity contribution in [2.24, 2.45) is 7.05 Å². The number of nitrogens with one attached hydrogen (secondary N) is 1. The van der Waals surface area contributed by atoms with Gasteiger partial charge in [-0.15, -0.1) is 10.2 Å². The highest BCUT2D eigenvalue weighted by Crippen LogP contribution is 2.23. The number of hydrogen-bond acceptors (Lipinski definition) is 4. The molecule has 9 heteroatoms. The van der Waals surface area contributed by atoms with Crippen molar-refractivity contribution in [1.82, 2.24) is 14.8 Å². The zero-order valence-corrected chi connectivity index (χ0v) is 11.9. The van der Waals surface area contributed by atoms with E-state index >= 15 is 0 Å². The molecule has 21 heavy (non-hydrogen) atoms. The van der Waals surface area contributed by atoms with Crippen molar-refractivity contribution in [3.63, 3.8) is 0 Å². The Bertz CT molecular complexity index is 677. The Morgan fingerprint density at radius 1 is 1.33 bits per heavy atom. The van der Waals surface area contributed by atoms with Crippen LogP contribution in [0.5, 0.6) is 0 Å². The second-order valence-corrected chi connectivity index (χ2v) is 5.50. The maximum absolute atomic E-state index is 13.5. The molecule has 2 aromatic rings. The third-order valence-corrected chi connectivity index (χ3v) is 3.76. The number of anilines is 1. The first-order valence-corrected chi connectivity index (χ1v) is 6.73. The molecule has 2 rings (SSSR count). The van der Waals surface area contributed by atoms with Gasteiger partial charge in [0.2, 0.25) is 5.91 Å². The Morgan fingerprint density at radius 3 is 2.67 bits per heavy atom. The highest BCUT2D eigenvalue weighted by molar-refractivity contribution is 8.00. The second kappa shape index (κ2) is 6.17. The molecule has 1 aromatic carbocycles. The highest BCUT2D eigenvalue weighted by atomic mass is 32.2. The number of amides is 1. The largest absolute Gasteiger partial charge is 0.323 e. The van der Waals surface area contributed by atoms with E-state index in [1.54, 1.807) is 18.5 Å². The lowest BCUT2D eigenvalue weighted by Crippen LogP contribution is -2.23. The van der Waals surface area contributed by atoms with E-state index in [2.05, 4.69) is 15.5 Å². The fraction of sp³-hybridized carbons (Fsp3) is 0.250. The summed E-state index contributed by atoms with van der Waals surface area (Å²) >= 11 is 1.10. The number of aromatic nitrogens is 3. The van der Waals surface area contributed by atoms with E-state index in [4.69, 9.17) is 0 Å². The maximum atomic E-state index is 13.5. The van der Waals surface area contributed by atoms with Gasteiger partial charge in [-0.05, 0) is 19.1 Å². The van der Waals surface area contributed by atoms with Crippen LogP contribution in [0.1, 0.15) is 6.92 Å². The summed E-state index contributed by atoms with van der Waals surface area (Å²) in [5.41, 5.74) is -0.413. The summed E-state index contributed by atoms with van der Waals surface area (Å²) in [5.74, 6) is -4.93. The topological polar surface area (TPSA) is 59.8 Å². The van der Waals surface area contributed by atoms with E-state index in [-0.39, 0.29) is 0 Å². The van der Waals surface area contributed by atoms with Gasteiger partial charge in [-0.1, -0.05) is 11.8 Å². The molecule has 1 heterocycles. The number of nitrogens with zero attached hydrogens (tertiary/aromatic N) is 3. The first-order valence-electron chi connectivity index (χ1n) is 5.85. The number of aryl methyl sites for hydroxylation is 1. The van der Waals surface area contributed by atoms with E-state index in [0.29, 0.717) is 5.16 Å². The average molecular weight is 316 g/mol. The first-order chi connectivity index (χ1) is 9.90. The van der Waals surface area contributed by atoms with Gasteiger partial charge in [0.05, 0.1) is 10.9 Å². The molecule has 1 aromatic heterocycles. The Labute approximate surface area is 122 Å². The quantitative estimate of drug-likeness (QED) is 0.695. The predicted molar refractivity (Wildman–Crippen MR) is 71.3 cm³/mol. The number of benzene rings is 1. The Morgan fingerprint density at radius 2 is 2.05 bits per heavy atom. The summed E-state index contributed by atoms with van der Waals surface area (Å²) < 4.78 is 41.0. The van der Waals surface area contributed by atoms with Gasteiger partial charge in [-0.25, -0.2) is 13.2 Å². The SMILES string of the molecule is CC(Sc1nncn1C)C(=O)Nc1ccc(F)c(F)c1F. The number of hydrogen-bond donors (Lipinski definition) is 1. The van der Waals surface area contributed by atoms with E-state index in [0.717, 1.165) is 23.9 Å². The lowest BCUT2D eigenvalue weighted by molar-refractivity contribution is -0.115. The molecule has 0 spiro atoms. The fourth-order valence-electron chi connectivity index (χ4n) is 1.45. The summed E-state index contributed by atoms with van der Waals surface area (Å²) in [6.45, 7) is 1.58. The van der Waals surface area contributed by atoms with Crippen LogP contribution in [0.3, 0.4) is 0 Å². The molecule has 0 bridgehead atoms. The van der Waals surface area contributed by atoms with Gasteiger partial charge in [-0.2, -0.15) is 0 Å². The summed E-state index contributed by atoms with van der Waals surface area (Å²) in [5, 5.41) is 9.55. The molecule has 0 aliphatic carbocycles. The molecule has 0 radical (unpaired) electrons. The molecule has 0 aliphatic heterocycles. The number of rotatable bonds is 4. The van der Waals surface area contributed by atoms with E-state index in [1.165, 1.54) is 6.33 Å². The Balaban J connectivity index is 2.08. The number of halogens is 3. The summed E-state index contributed by atoms with van der Waals surface area (Å²) in [6.07, 6.45) is 1.47. The third kappa shape index (κ3) is 3.35. The van der Waals surface area contributed by atoms with Crippen molar-refractivity contribution in [3.05, 3.63) is 35.9 Å². The number of carbonyl (C=O) groups is 1. The molecule has 0 fully saturated rings. The molecular weight excluding hydrogens is 305 g/mol. The summed E-state index contributed by atoms with van der Waals surface area (Å²) in [6, 6.07) is 1.71. The van der Waals surface area contributed by atoms with Crippen LogP contribution in [0.4, 0.5) is 18.9 Å². The lowest BCUT2D eigenvalue weighted by atomic mass is 10.2. The van der Waals surface area contributed by atoms with Crippen molar-refractivity contribution in [3.8, 4) is 0 Å². The normalized spacial score (nSPS) is 12.2.